The van der Waals surface area contributed by atoms with Crippen LogP contribution in [-0.4, -0.2) is 19.0 Å². The molecule has 1 saturated heterocycles. The second kappa shape index (κ2) is 4.81. The van der Waals surface area contributed by atoms with E-state index in [4.69, 9.17) is 11.6 Å². The first kappa shape index (κ1) is 10.7. The summed E-state index contributed by atoms with van der Waals surface area (Å²) in [5, 5.41) is 3.40. The van der Waals surface area contributed by atoms with E-state index >= 15 is 0 Å². The van der Waals surface area contributed by atoms with E-state index in [0.717, 1.165) is 19.0 Å². The molecule has 2 rings (SSSR count). The summed E-state index contributed by atoms with van der Waals surface area (Å²) in [6.07, 6.45) is 0. The molecule has 1 N–H and O–H groups in total. The molecule has 2 atom stereocenters. The Kier molecular flexibility index (Phi) is 3.68. The van der Waals surface area contributed by atoms with Gasteiger partial charge in [-0.1, -0.05) is 12.1 Å². The maximum atomic E-state index is 5.94. The number of hydrogen-bond donors (Lipinski definition) is 1. The van der Waals surface area contributed by atoms with Crippen LogP contribution < -0.4 is 5.32 Å². The Morgan fingerprint density at radius 1 is 1.29 bits per heavy atom. The van der Waals surface area contributed by atoms with Crippen LogP contribution in [0.2, 0.25) is 0 Å². The van der Waals surface area contributed by atoms with Gasteiger partial charge in [-0.15, -0.1) is 11.6 Å². The largest absolute Gasteiger partial charge is 0.316 e. The van der Waals surface area contributed by atoms with Gasteiger partial charge in [-0.25, -0.2) is 0 Å². The van der Waals surface area contributed by atoms with Crippen molar-refractivity contribution in [3.05, 3.63) is 33.4 Å². The summed E-state index contributed by atoms with van der Waals surface area (Å²) in [7, 11) is 0. The molecule has 0 aromatic heterocycles. The lowest BCUT2D eigenvalue weighted by molar-refractivity contribution is 0.578. The predicted molar refractivity (Wildman–Crippen MR) is 69.0 cm³/mol. The SMILES string of the molecule is ClCC1CNCC1c1ccc(I)cc1. The highest BCUT2D eigenvalue weighted by Crippen LogP contribution is 2.29. The van der Waals surface area contributed by atoms with Crippen molar-refractivity contribution in [2.24, 2.45) is 5.92 Å². The van der Waals surface area contributed by atoms with Crippen LogP contribution in [0.25, 0.3) is 0 Å². The van der Waals surface area contributed by atoms with E-state index in [1.54, 1.807) is 0 Å². The molecule has 0 amide bonds. The molecule has 0 aliphatic carbocycles. The second-order valence-electron chi connectivity index (χ2n) is 3.73. The number of nitrogens with one attached hydrogen (secondary N) is 1. The standard InChI is InChI=1S/C11H13ClIN/c12-5-9-6-14-7-11(9)8-1-3-10(13)4-2-8/h1-4,9,11,14H,5-7H2. The zero-order chi connectivity index (χ0) is 9.97. The van der Waals surface area contributed by atoms with Gasteiger partial charge in [-0.3, -0.25) is 0 Å². The zero-order valence-corrected chi connectivity index (χ0v) is 10.8. The highest BCUT2D eigenvalue weighted by Gasteiger charge is 2.27. The molecule has 1 aromatic rings. The molecule has 0 radical (unpaired) electrons. The van der Waals surface area contributed by atoms with Gasteiger partial charge >= 0.3 is 0 Å². The minimum atomic E-state index is 0.594. The van der Waals surface area contributed by atoms with Crippen LogP contribution in [0.3, 0.4) is 0 Å². The molecule has 1 nitrogen and oxygen atoms in total. The van der Waals surface area contributed by atoms with Crippen molar-refractivity contribution in [1.82, 2.24) is 5.32 Å². The molecule has 1 aliphatic heterocycles. The number of rotatable bonds is 2. The lowest BCUT2D eigenvalue weighted by atomic mass is 9.90. The topological polar surface area (TPSA) is 12.0 Å². The van der Waals surface area contributed by atoms with Crippen LogP contribution in [0.15, 0.2) is 24.3 Å². The molecular weight excluding hydrogens is 308 g/mol. The first-order valence-corrected chi connectivity index (χ1v) is 6.44. The Hall–Kier alpha value is 0.200. The maximum absolute atomic E-state index is 5.94. The third kappa shape index (κ3) is 2.23. The summed E-state index contributed by atoms with van der Waals surface area (Å²) in [6.45, 7) is 2.12. The molecule has 0 saturated carbocycles. The van der Waals surface area contributed by atoms with Crippen LogP contribution in [0.1, 0.15) is 11.5 Å². The number of benzene rings is 1. The van der Waals surface area contributed by atoms with Gasteiger partial charge in [0.2, 0.25) is 0 Å². The van der Waals surface area contributed by atoms with E-state index in [-0.39, 0.29) is 0 Å². The lowest BCUT2D eigenvalue weighted by Gasteiger charge is -2.16. The Morgan fingerprint density at radius 3 is 2.64 bits per heavy atom. The van der Waals surface area contributed by atoms with Crippen molar-refractivity contribution < 1.29 is 0 Å². The fourth-order valence-electron chi connectivity index (χ4n) is 2.00. The zero-order valence-electron chi connectivity index (χ0n) is 7.84. The van der Waals surface area contributed by atoms with Gasteiger partial charge in [0, 0.05) is 21.9 Å². The van der Waals surface area contributed by atoms with Gasteiger partial charge in [-0.2, -0.15) is 0 Å². The summed E-state index contributed by atoms with van der Waals surface area (Å²) in [5.74, 6) is 1.95. The first-order chi connectivity index (χ1) is 6.81. The Labute approximate surface area is 103 Å². The van der Waals surface area contributed by atoms with E-state index in [2.05, 4.69) is 52.2 Å². The second-order valence-corrected chi connectivity index (χ2v) is 5.28. The van der Waals surface area contributed by atoms with Crippen LogP contribution in [0.5, 0.6) is 0 Å². The van der Waals surface area contributed by atoms with Crippen LogP contribution in [-0.2, 0) is 0 Å². The summed E-state index contributed by atoms with van der Waals surface area (Å²) in [6, 6.07) is 8.77. The summed E-state index contributed by atoms with van der Waals surface area (Å²) in [4.78, 5) is 0. The first-order valence-electron chi connectivity index (χ1n) is 4.83. The third-order valence-corrected chi connectivity index (χ3v) is 3.95. The molecule has 1 heterocycles. The Morgan fingerprint density at radius 2 is 2.00 bits per heavy atom. The molecular formula is C11H13ClIN. The summed E-state index contributed by atoms with van der Waals surface area (Å²) >= 11 is 8.27. The van der Waals surface area contributed by atoms with Gasteiger partial charge in [0.15, 0.2) is 0 Å². The van der Waals surface area contributed by atoms with E-state index in [1.807, 2.05) is 0 Å². The van der Waals surface area contributed by atoms with Crippen molar-refractivity contribution in [3.63, 3.8) is 0 Å². The average Bonchev–Trinajstić information content (AvgIpc) is 2.67. The lowest BCUT2D eigenvalue weighted by Crippen LogP contribution is -2.12. The molecule has 3 heteroatoms. The van der Waals surface area contributed by atoms with E-state index in [9.17, 15) is 0 Å². The minimum Gasteiger partial charge on any atom is -0.316 e. The Bertz CT molecular complexity index is 299. The highest BCUT2D eigenvalue weighted by atomic mass is 127. The van der Waals surface area contributed by atoms with Crippen molar-refractivity contribution in [1.29, 1.82) is 0 Å². The monoisotopic (exact) mass is 321 g/mol. The Balaban J connectivity index is 2.17. The molecule has 0 bridgehead atoms. The van der Waals surface area contributed by atoms with Crippen molar-refractivity contribution >= 4 is 34.2 Å². The van der Waals surface area contributed by atoms with Crippen molar-refractivity contribution in [3.8, 4) is 0 Å². The number of alkyl halides is 1. The normalized spacial score (nSPS) is 26.7. The molecule has 1 fully saturated rings. The van der Waals surface area contributed by atoms with Crippen LogP contribution in [0, 0.1) is 9.49 Å². The molecule has 1 aliphatic rings. The fourth-order valence-corrected chi connectivity index (χ4v) is 2.68. The molecule has 76 valence electrons. The summed E-state index contributed by atoms with van der Waals surface area (Å²) < 4.78 is 1.29. The predicted octanol–water partition coefficient (Wildman–Crippen LogP) is 2.83. The molecule has 2 unspecified atom stereocenters. The average molecular weight is 322 g/mol. The third-order valence-electron chi connectivity index (χ3n) is 2.84. The fraction of sp³-hybridized carbons (Fsp3) is 0.455. The highest BCUT2D eigenvalue weighted by molar-refractivity contribution is 14.1. The smallest absolute Gasteiger partial charge is 0.0270 e. The van der Waals surface area contributed by atoms with Gasteiger partial charge in [0.05, 0.1) is 0 Å². The molecule has 1 aromatic carbocycles. The summed E-state index contributed by atoms with van der Waals surface area (Å²) in [5.41, 5.74) is 1.42. The quantitative estimate of drug-likeness (QED) is 0.652. The maximum Gasteiger partial charge on any atom is 0.0270 e. The van der Waals surface area contributed by atoms with E-state index in [0.29, 0.717) is 11.8 Å². The molecule has 0 spiro atoms. The van der Waals surface area contributed by atoms with Crippen LogP contribution in [0.4, 0.5) is 0 Å². The van der Waals surface area contributed by atoms with Crippen molar-refractivity contribution in [2.75, 3.05) is 19.0 Å². The van der Waals surface area contributed by atoms with Gasteiger partial charge in [-0.05, 0) is 52.7 Å². The van der Waals surface area contributed by atoms with Crippen molar-refractivity contribution in [2.45, 2.75) is 5.92 Å². The van der Waals surface area contributed by atoms with E-state index in [1.165, 1.54) is 9.13 Å². The van der Waals surface area contributed by atoms with Gasteiger partial charge in [0.1, 0.15) is 0 Å². The molecule has 14 heavy (non-hydrogen) atoms. The van der Waals surface area contributed by atoms with Gasteiger partial charge < -0.3 is 5.32 Å². The minimum absolute atomic E-state index is 0.594. The van der Waals surface area contributed by atoms with Gasteiger partial charge in [0.25, 0.3) is 0 Å². The number of hydrogen-bond acceptors (Lipinski definition) is 1. The van der Waals surface area contributed by atoms with Crippen LogP contribution >= 0.6 is 34.2 Å². The number of halogens is 2. The van der Waals surface area contributed by atoms with E-state index < -0.39 is 0 Å².